The summed E-state index contributed by atoms with van der Waals surface area (Å²) in [5, 5.41) is 0. The summed E-state index contributed by atoms with van der Waals surface area (Å²) in [6.07, 6.45) is 6.01. The van der Waals surface area contributed by atoms with Crippen molar-refractivity contribution in [2.24, 2.45) is 0 Å². The minimum Gasteiger partial charge on any atom is -0.399 e. The van der Waals surface area contributed by atoms with Crippen LogP contribution in [-0.2, 0) is 4.79 Å². The molecule has 2 saturated heterocycles. The zero-order valence-corrected chi connectivity index (χ0v) is 12.5. The molecule has 0 aliphatic carbocycles. The Balaban J connectivity index is 1.67. The highest BCUT2D eigenvalue weighted by molar-refractivity contribution is 5.92. The van der Waals surface area contributed by atoms with Gasteiger partial charge in [0.1, 0.15) is 0 Å². The Morgan fingerprint density at radius 1 is 1.38 bits per heavy atom. The highest BCUT2D eigenvalue weighted by Gasteiger charge is 2.35. The SMILES string of the molecule is CC1CN2CCCC2CN1C(=O)/C=C/c1cccc(N)c1. The van der Waals surface area contributed by atoms with Crippen molar-refractivity contribution in [3.63, 3.8) is 0 Å². The molecule has 2 N–H and O–H groups in total. The van der Waals surface area contributed by atoms with Gasteiger partial charge in [0, 0.05) is 36.9 Å². The van der Waals surface area contributed by atoms with Gasteiger partial charge in [0.05, 0.1) is 0 Å². The fourth-order valence-electron chi connectivity index (χ4n) is 3.42. The van der Waals surface area contributed by atoms with Crippen molar-refractivity contribution < 1.29 is 4.79 Å². The number of piperazine rings is 1. The third-order valence-electron chi connectivity index (χ3n) is 4.55. The molecule has 2 heterocycles. The Kier molecular flexibility index (Phi) is 3.97. The maximum Gasteiger partial charge on any atom is 0.246 e. The lowest BCUT2D eigenvalue weighted by Crippen LogP contribution is -2.56. The standard InChI is InChI=1S/C17H23N3O/c1-13-11-19-9-3-6-16(19)12-20(13)17(21)8-7-14-4-2-5-15(18)10-14/h2,4-5,7-8,10,13,16H,3,6,9,11-12,18H2,1H3/b8-7+. The summed E-state index contributed by atoms with van der Waals surface area (Å²) in [7, 11) is 0. The van der Waals surface area contributed by atoms with E-state index >= 15 is 0 Å². The summed E-state index contributed by atoms with van der Waals surface area (Å²) in [6, 6.07) is 8.43. The van der Waals surface area contributed by atoms with Crippen molar-refractivity contribution in [3.8, 4) is 0 Å². The quantitative estimate of drug-likeness (QED) is 0.668. The van der Waals surface area contributed by atoms with Gasteiger partial charge in [0.15, 0.2) is 0 Å². The van der Waals surface area contributed by atoms with E-state index < -0.39 is 0 Å². The lowest BCUT2D eigenvalue weighted by Gasteiger charge is -2.41. The van der Waals surface area contributed by atoms with Crippen LogP contribution in [0.15, 0.2) is 30.3 Å². The molecule has 4 nitrogen and oxygen atoms in total. The molecule has 0 aromatic heterocycles. The minimum atomic E-state index is 0.108. The molecule has 1 aromatic carbocycles. The van der Waals surface area contributed by atoms with Crippen molar-refractivity contribution in [1.29, 1.82) is 0 Å². The summed E-state index contributed by atoms with van der Waals surface area (Å²) in [4.78, 5) is 17.0. The summed E-state index contributed by atoms with van der Waals surface area (Å²) in [6.45, 7) is 5.20. The molecule has 21 heavy (non-hydrogen) atoms. The number of nitrogens with two attached hydrogens (primary N) is 1. The number of amides is 1. The Bertz CT molecular complexity index is 555. The highest BCUT2D eigenvalue weighted by atomic mass is 16.2. The molecular weight excluding hydrogens is 262 g/mol. The molecule has 3 rings (SSSR count). The van der Waals surface area contributed by atoms with Gasteiger partial charge in [-0.1, -0.05) is 12.1 Å². The van der Waals surface area contributed by atoms with Gasteiger partial charge >= 0.3 is 0 Å². The largest absolute Gasteiger partial charge is 0.399 e. The maximum absolute atomic E-state index is 12.4. The first-order valence-electron chi connectivity index (χ1n) is 7.72. The molecule has 4 heteroatoms. The second-order valence-corrected chi connectivity index (χ2v) is 6.13. The molecule has 2 unspecified atom stereocenters. The summed E-state index contributed by atoms with van der Waals surface area (Å²) in [5.41, 5.74) is 7.44. The second kappa shape index (κ2) is 5.90. The number of hydrogen-bond donors (Lipinski definition) is 1. The van der Waals surface area contributed by atoms with E-state index in [0.717, 1.165) is 24.3 Å². The number of nitrogens with zero attached hydrogens (tertiary/aromatic N) is 2. The molecule has 0 spiro atoms. The lowest BCUT2D eigenvalue weighted by molar-refractivity contribution is -0.131. The first kappa shape index (κ1) is 14.1. The second-order valence-electron chi connectivity index (χ2n) is 6.13. The van der Waals surface area contributed by atoms with E-state index in [0.29, 0.717) is 6.04 Å². The van der Waals surface area contributed by atoms with Crippen molar-refractivity contribution in [3.05, 3.63) is 35.9 Å². The Labute approximate surface area is 126 Å². The van der Waals surface area contributed by atoms with Gasteiger partial charge in [0.2, 0.25) is 5.91 Å². The number of benzene rings is 1. The number of fused-ring (bicyclic) bond motifs is 1. The smallest absolute Gasteiger partial charge is 0.246 e. The van der Waals surface area contributed by atoms with Crippen LogP contribution in [0.3, 0.4) is 0 Å². The summed E-state index contributed by atoms with van der Waals surface area (Å²) >= 11 is 0. The van der Waals surface area contributed by atoms with E-state index in [1.54, 1.807) is 6.08 Å². The van der Waals surface area contributed by atoms with Gasteiger partial charge < -0.3 is 10.6 Å². The van der Waals surface area contributed by atoms with Crippen molar-refractivity contribution in [2.75, 3.05) is 25.4 Å². The van der Waals surface area contributed by atoms with Crippen molar-refractivity contribution >= 4 is 17.7 Å². The van der Waals surface area contributed by atoms with E-state index in [2.05, 4.69) is 11.8 Å². The van der Waals surface area contributed by atoms with E-state index in [4.69, 9.17) is 5.73 Å². The Morgan fingerprint density at radius 3 is 3.05 bits per heavy atom. The first-order chi connectivity index (χ1) is 10.1. The van der Waals surface area contributed by atoms with Crippen LogP contribution in [-0.4, -0.2) is 47.4 Å². The predicted molar refractivity (Wildman–Crippen MR) is 85.7 cm³/mol. The number of rotatable bonds is 2. The van der Waals surface area contributed by atoms with E-state index in [9.17, 15) is 4.79 Å². The maximum atomic E-state index is 12.4. The van der Waals surface area contributed by atoms with E-state index in [-0.39, 0.29) is 11.9 Å². The third kappa shape index (κ3) is 3.10. The van der Waals surface area contributed by atoms with Crippen molar-refractivity contribution in [2.45, 2.75) is 31.8 Å². The molecule has 1 amide bonds. The van der Waals surface area contributed by atoms with Gasteiger partial charge in [-0.2, -0.15) is 0 Å². The molecule has 0 saturated carbocycles. The van der Waals surface area contributed by atoms with Crippen molar-refractivity contribution in [1.82, 2.24) is 9.80 Å². The predicted octanol–water partition coefficient (Wildman–Crippen LogP) is 1.98. The molecule has 112 valence electrons. The first-order valence-corrected chi connectivity index (χ1v) is 7.72. The zero-order chi connectivity index (χ0) is 14.8. The molecule has 0 bridgehead atoms. The minimum absolute atomic E-state index is 0.108. The van der Waals surface area contributed by atoms with Crippen LogP contribution in [0.5, 0.6) is 0 Å². The summed E-state index contributed by atoms with van der Waals surface area (Å²) in [5.74, 6) is 0.108. The normalized spacial score (nSPS) is 26.2. The molecule has 2 atom stereocenters. The van der Waals surface area contributed by atoms with Gasteiger partial charge in [-0.05, 0) is 50.1 Å². The molecule has 2 fully saturated rings. The van der Waals surface area contributed by atoms with E-state index in [1.165, 1.54) is 19.4 Å². The van der Waals surface area contributed by atoms with Gasteiger partial charge in [0.25, 0.3) is 0 Å². The number of nitrogen functional groups attached to an aromatic ring is 1. The average molecular weight is 285 g/mol. The highest BCUT2D eigenvalue weighted by Crippen LogP contribution is 2.24. The molecule has 2 aliphatic rings. The lowest BCUT2D eigenvalue weighted by atomic mass is 10.1. The average Bonchev–Trinajstić information content (AvgIpc) is 2.91. The van der Waals surface area contributed by atoms with Gasteiger partial charge in [-0.3, -0.25) is 9.69 Å². The van der Waals surface area contributed by atoms with Crippen LogP contribution in [0, 0.1) is 0 Å². The molecular formula is C17H23N3O. The fourth-order valence-corrected chi connectivity index (χ4v) is 3.42. The Hall–Kier alpha value is -1.81. The van der Waals surface area contributed by atoms with Crippen LogP contribution in [0.4, 0.5) is 5.69 Å². The number of carbonyl (C=O) groups excluding carboxylic acids is 1. The topological polar surface area (TPSA) is 49.6 Å². The van der Waals surface area contributed by atoms with Crippen LogP contribution in [0.1, 0.15) is 25.3 Å². The van der Waals surface area contributed by atoms with Crippen LogP contribution in [0.25, 0.3) is 6.08 Å². The number of hydrogen-bond acceptors (Lipinski definition) is 3. The zero-order valence-electron chi connectivity index (χ0n) is 12.5. The molecule has 0 radical (unpaired) electrons. The summed E-state index contributed by atoms with van der Waals surface area (Å²) < 4.78 is 0. The molecule has 2 aliphatic heterocycles. The third-order valence-corrected chi connectivity index (χ3v) is 4.55. The number of carbonyl (C=O) groups is 1. The van der Waals surface area contributed by atoms with Crippen LogP contribution in [0.2, 0.25) is 0 Å². The van der Waals surface area contributed by atoms with Gasteiger partial charge in [-0.15, -0.1) is 0 Å². The van der Waals surface area contributed by atoms with Crippen LogP contribution < -0.4 is 5.73 Å². The fraction of sp³-hybridized carbons (Fsp3) is 0.471. The number of anilines is 1. The monoisotopic (exact) mass is 285 g/mol. The van der Waals surface area contributed by atoms with Gasteiger partial charge in [-0.25, -0.2) is 0 Å². The van der Waals surface area contributed by atoms with Crippen LogP contribution >= 0.6 is 0 Å². The van der Waals surface area contributed by atoms with E-state index in [1.807, 2.05) is 35.2 Å². The molecule has 1 aromatic rings. The Morgan fingerprint density at radius 2 is 2.24 bits per heavy atom.